The molecule has 2 aliphatic carbocycles. The van der Waals surface area contributed by atoms with E-state index in [1.54, 1.807) is 0 Å². The van der Waals surface area contributed by atoms with Crippen molar-refractivity contribution in [2.24, 2.45) is 0 Å². The first-order valence-corrected chi connectivity index (χ1v) is 10.8. The van der Waals surface area contributed by atoms with Crippen LogP contribution in [0.2, 0.25) is 0 Å². The van der Waals surface area contributed by atoms with E-state index in [4.69, 9.17) is 4.98 Å². The molecule has 0 unspecified atom stereocenters. The predicted molar refractivity (Wildman–Crippen MR) is 106 cm³/mol. The third-order valence-electron chi connectivity index (χ3n) is 6.43. The van der Waals surface area contributed by atoms with Crippen LogP contribution < -0.4 is 21.3 Å². The zero-order valence-electron chi connectivity index (χ0n) is 16.0. The fraction of sp³-hybridized carbons (Fsp3) is 0.762. The van der Waals surface area contributed by atoms with Crippen molar-refractivity contribution in [3.63, 3.8) is 0 Å². The second-order valence-electron chi connectivity index (χ2n) is 8.29. The molecule has 5 heteroatoms. The van der Waals surface area contributed by atoms with E-state index in [1.165, 1.54) is 62.8 Å². The molecule has 26 heavy (non-hydrogen) atoms. The summed E-state index contributed by atoms with van der Waals surface area (Å²) in [5.41, 5.74) is 2.34. The Morgan fingerprint density at radius 1 is 0.615 bits per heavy atom. The molecule has 1 aliphatic heterocycles. The van der Waals surface area contributed by atoms with E-state index in [0.29, 0.717) is 24.2 Å². The Bertz CT molecular complexity index is 518. The highest BCUT2D eigenvalue weighted by Gasteiger charge is 2.26. The highest BCUT2D eigenvalue weighted by atomic mass is 15.1. The predicted octanol–water partition coefficient (Wildman–Crippen LogP) is 2.08. The van der Waals surface area contributed by atoms with Gasteiger partial charge >= 0.3 is 0 Å². The fourth-order valence-corrected chi connectivity index (χ4v) is 4.95. The number of nitrogens with zero attached hydrogens (tertiary/aromatic N) is 1. The standard InChI is InChI=1S/C21H35N5/c1-3-10-20-18(8-1)22-12-13-23-19-9-2-4-11-21(19)25-15-17-7-5-6-16(26-17)14-24-20/h5-7,18-25H,1-4,8-15H2/t18-,19-,20-,21-/m1/s1. The molecule has 1 aromatic heterocycles. The van der Waals surface area contributed by atoms with Crippen LogP contribution in [0, 0.1) is 0 Å². The number of fused-ring (bicyclic) bond motifs is 4. The van der Waals surface area contributed by atoms with Gasteiger partial charge in [-0.25, -0.2) is 0 Å². The summed E-state index contributed by atoms with van der Waals surface area (Å²) < 4.78 is 0. The third kappa shape index (κ3) is 4.83. The van der Waals surface area contributed by atoms with Gasteiger partial charge in [-0.15, -0.1) is 0 Å². The highest BCUT2D eigenvalue weighted by Crippen LogP contribution is 2.20. The van der Waals surface area contributed by atoms with Crippen LogP contribution in [0.3, 0.4) is 0 Å². The minimum absolute atomic E-state index is 0.569. The van der Waals surface area contributed by atoms with Gasteiger partial charge in [-0.1, -0.05) is 31.7 Å². The molecule has 0 saturated heterocycles. The van der Waals surface area contributed by atoms with E-state index in [-0.39, 0.29) is 0 Å². The minimum atomic E-state index is 0.569. The number of pyridine rings is 1. The zero-order valence-corrected chi connectivity index (χ0v) is 16.0. The molecule has 0 spiro atoms. The van der Waals surface area contributed by atoms with E-state index in [9.17, 15) is 0 Å². The molecule has 0 radical (unpaired) electrons. The molecule has 4 N–H and O–H groups in total. The lowest BCUT2D eigenvalue weighted by atomic mass is 9.89. The van der Waals surface area contributed by atoms with Crippen molar-refractivity contribution in [2.45, 2.75) is 88.6 Å². The molecule has 2 fully saturated rings. The molecule has 4 rings (SSSR count). The van der Waals surface area contributed by atoms with Crippen LogP contribution in [-0.2, 0) is 13.1 Å². The Morgan fingerprint density at radius 3 is 1.50 bits per heavy atom. The Morgan fingerprint density at radius 2 is 1.04 bits per heavy atom. The van der Waals surface area contributed by atoms with Crippen molar-refractivity contribution in [2.75, 3.05) is 13.1 Å². The van der Waals surface area contributed by atoms with Crippen LogP contribution in [0.15, 0.2) is 18.2 Å². The Labute approximate surface area is 158 Å². The second kappa shape index (κ2) is 9.27. The van der Waals surface area contributed by atoms with Crippen LogP contribution in [0.1, 0.15) is 62.8 Å². The van der Waals surface area contributed by atoms with E-state index in [2.05, 4.69) is 39.5 Å². The quantitative estimate of drug-likeness (QED) is 0.573. The summed E-state index contributed by atoms with van der Waals surface area (Å²) in [4.78, 5) is 4.89. The Kier molecular flexibility index (Phi) is 6.54. The molecule has 5 nitrogen and oxygen atoms in total. The summed E-state index contributed by atoms with van der Waals surface area (Å²) in [6.07, 6.45) is 10.5. The maximum absolute atomic E-state index is 4.89. The average Bonchev–Trinajstić information content (AvgIpc) is 2.69. The van der Waals surface area contributed by atoms with Crippen LogP contribution in [-0.4, -0.2) is 42.2 Å². The van der Waals surface area contributed by atoms with Crippen molar-refractivity contribution in [3.05, 3.63) is 29.6 Å². The van der Waals surface area contributed by atoms with E-state index in [1.807, 2.05) is 0 Å². The molecule has 4 atom stereocenters. The minimum Gasteiger partial charge on any atom is -0.311 e. The second-order valence-corrected chi connectivity index (χ2v) is 8.29. The topological polar surface area (TPSA) is 61.0 Å². The van der Waals surface area contributed by atoms with Crippen LogP contribution in [0.25, 0.3) is 0 Å². The van der Waals surface area contributed by atoms with Gasteiger partial charge in [0.2, 0.25) is 0 Å². The number of nitrogens with one attached hydrogen (secondary N) is 4. The summed E-state index contributed by atoms with van der Waals surface area (Å²) in [6, 6.07) is 8.81. The van der Waals surface area contributed by atoms with E-state index < -0.39 is 0 Å². The van der Waals surface area contributed by atoms with Crippen molar-refractivity contribution in [1.29, 1.82) is 0 Å². The third-order valence-corrected chi connectivity index (χ3v) is 6.43. The lowest BCUT2D eigenvalue weighted by molar-refractivity contribution is 0.266. The first-order chi connectivity index (χ1) is 12.9. The number of hydrogen-bond acceptors (Lipinski definition) is 5. The van der Waals surface area contributed by atoms with Crippen molar-refractivity contribution >= 4 is 0 Å². The van der Waals surface area contributed by atoms with Crippen molar-refractivity contribution < 1.29 is 0 Å². The highest BCUT2D eigenvalue weighted by molar-refractivity contribution is 5.12. The molecule has 2 heterocycles. The van der Waals surface area contributed by atoms with Gasteiger partial charge in [0.15, 0.2) is 0 Å². The maximum atomic E-state index is 4.89. The van der Waals surface area contributed by atoms with E-state index in [0.717, 1.165) is 26.2 Å². The summed E-state index contributed by atoms with van der Waals surface area (Å²) in [6.45, 7) is 3.89. The Balaban J connectivity index is 1.47. The van der Waals surface area contributed by atoms with Gasteiger partial charge in [0.05, 0.1) is 11.4 Å². The van der Waals surface area contributed by atoms with Crippen LogP contribution in [0.5, 0.6) is 0 Å². The van der Waals surface area contributed by atoms with Crippen LogP contribution >= 0.6 is 0 Å². The summed E-state index contributed by atoms with van der Waals surface area (Å²) >= 11 is 0. The monoisotopic (exact) mass is 357 g/mol. The number of aromatic nitrogens is 1. The van der Waals surface area contributed by atoms with Crippen LogP contribution in [0.4, 0.5) is 0 Å². The molecule has 0 amide bonds. The van der Waals surface area contributed by atoms with Gasteiger partial charge in [0.25, 0.3) is 0 Å². The largest absolute Gasteiger partial charge is 0.311 e. The van der Waals surface area contributed by atoms with Gasteiger partial charge in [0.1, 0.15) is 0 Å². The lowest BCUT2D eigenvalue weighted by Crippen LogP contribution is -2.53. The van der Waals surface area contributed by atoms with Gasteiger partial charge in [-0.3, -0.25) is 4.98 Å². The molecule has 1 aromatic rings. The smallest absolute Gasteiger partial charge is 0.0545 e. The molecular formula is C21H35N5. The summed E-state index contributed by atoms with van der Waals surface area (Å²) in [7, 11) is 0. The zero-order chi connectivity index (χ0) is 17.6. The first kappa shape index (κ1) is 18.4. The summed E-state index contributed by atoms with van der Waals surface area (Å²) in [5.74, 6) is 0. The van der Waals surface area contributed by atoms with Gasteiger partial charge in [-0.2, -0.15) is 0 Å². The molecule has 2 saturated carbocycles. The van der Waals surface area contributed by atoms with E-state index >= 15 is 0 Å². The molecular weight excluding hydrogens is 322 g/mol. The maximum Gasteiger partial charge on any atom is 0.0545 e. The normalized spacial score (nSPS) is 34.0. The number of hydrogen-bond donors (Lipinski definition) is 4. The SMILES string of the molecule is c1cc2nc(c1)CN[C@@H]1CCCC[C@H]1NCCN[C@@H]1CCCC[C@H]1NC2. The molecule has 3 aliphatic rings. The Hall–Kier alpha value is -1.01. The van der Waals surface area contributed by atoms with Crippen molar-refractivity contribution in [1.82, 2.24) is 26.3 Å². The lowest BCUT2D eigenvalue weighted by Gasteiger charge is -2.34. The molecule has 144 valence electrons. The fourth-order valence-electron chi connectivity index (χ4n) is 4.95. The van der Waals surface area contributed by atoms with Gasteiger partial charge in [0, 0.05) is 50.3 Å². The first-order valence-electron chi connectivity index (χ1n) is 10.8. The number of rotatable bonds is 0. The van der Waals surface area contributed by atoms with Gasteiger partial charge < -0.3 is 21.3 Å². The average molecular weight is 358 g/mol. The summed E-state index contributed by atoms with van der Waals surface area (Å²) in [5, 5.41) is 15.2. The van der Waals surface area contributed by atoms with Crippen molar-refractivity contribution in [3.8, 4) is 0 Å². The molecule has 0 aromatic carbocycles. The van der Waals surface area contributed by atoms with Gasteiger partial charge in [-0.05, 0) is 37.8 Å². The molecule has 2 bridgehead atoms.